The summed E-state index contributed by atoms with van der Waals surface area (Å²) in [7, 11) is 0. The third kappa shape index (κ3) is 5.69. The second-order valence-corrected chi connectivity index (χ2v) is 5.33. The minimum absolute atomic E-state index is 0. The summed E-state index contributed by atoms with van der Waals surface area (Å²) >= 11 is 0. The number of hydrogen-bond acceptors (Lipinski definition) is 2. The van der Waals surface area contributed by atoms with Crippen molar-refractivity contribution in [2.75, 3.05) is 0 Å². The normalized spacial score (nSPS) is 12.4. The van der Waals surface area contributed by atoms with Gasteiger partial charge in [-0.2, -0.15) is 18.2 Å². The number of allylic oxidation sites excluding steroid dienone is 7. The van der Waals surface area contributed by atoms with Gasteiger partial charge in [0.25, 0.3) is 0 Å². The Bertz CT molecular complexity index is 732. The molecule has 2 nitrogen and oxygen atoms in total. The van der Waals surface area contributed by atoms with Crippen molar-refractivity contribution < 1.29 is 27.3 Å². The van der Waals surface area contributed by atoms with E-state index in [0.29, 0.717) is 5.56 Å². The first kappa shape index (κ1) is 19.7. The van der Waals surface area contributed by atoms with Gasteiger partial charge in [0.2, 0.25) is 0 Å². The molecule has 124 valence electrons. The monoisotopic (exact) mass is 360 g/mol. The van der Waals surface area contributed by atoms with Crippen LogP contribution in [0.1, 0.15) is 16.7 Å². The molecule has 24 heavy (non-hydrogen) atoms. The molecule has 0 radical (unpaired) electrons. The van der Waals surface area contributed by atoms with E-state index < -0.39 is 0 Å². The molecule has 0 saturated heterocycles. The molecule has 0 saturated carbocycles. The predicted molar refractivity (Wildman–Crippen MR) is 94.0 cm³/mol. The molecule has 3 rings (SSSR count). The Balaban J connectivity index is 0.000000412. The number of benzene rings is 1. The number of phenolic OH excluding ortho intramolecular Hbond substituents is 1. The van der Waals surface area contributed by atoms with Gasteiger partial charge in [0.1, 0.15) is 5.75 Å². The maximum absolute atomic E-state index is 12.0. The second kappa shape index (κ2) is 9.71. The van der Waals surface area contributed by atoms with Crippen molar-refractivity contribution in [2.24, 2.45) is 0 Å². The molecule has 0 spiro atoms. The minimum Gasteiger partial charge on any atom is -0.872 e. The number of rotatable bonds is 2. The first-order chi connectivity index (χ1) is 11.1. The van der Waals surface area contributed by atoms with E-state index in [1.807, 2.05) is 68.5 Å². The molecule has 2 aromatic rings. The third-order valence-corrected chi connectivity index (χ3v) is 3.55. The topological polar surface area (TPSA) is 43.3 Å². The fourth-order valence-corrected chi connectivity index (χ4v) is 2.08. The van der Waals surface area contributed by atoms with E-state index in [-0.39, 0.29) is 28.6 Å². The van der Waals surface area contributed by atoms with Gasteiger partial charge in [-0.15, -0.1) is 0 Å². The number of aromatic hydroxyl groups is 1. The van der Waals surface area contributed by atoms with Crippen LogP contribution in [0, 0.1) is 13.8 Å². The van der Waals surface area contributed by atoms with Crippen molar-refractivity contribution >= 4 is 5.76 Å². The fourth-order valence-electron chi connectivity index (χ4n) is 2.08. The van der Waals surface area contributed by atoms with E-state index >= 15 is 0 Å². The summed E-state index contributed by atoms with van der Waals surface area (Å²) in [6, 6.07) is 13.3. The average molecular weight is 360 g/mol. The van der Waals surface area contributed by atoms with E-state index in [1.165, 1.54) is 6.08 Å². The quantitative estimate of drug-likeness (QED) is 0.496. The first-order valence-corrected chi connectivity index (χ1v) is 7.49. The molecule has 0 fully saturated rings. The van der Waals surface area contributed by atoms with Crippen molar-refractivity contribution in [3.63, 3.8) is 0 Å². The summed E-state index contributed by atoms with van der Waals surface area (Å²) < 4.78 is 0. The van der Waals surface area contributed by atoms with Crippen molar-refractivity contribution in [1.82, 2.24) is 0 Å². The van der Waals surface area contributed by atoms with Gasteiger partial charge < -0.3 is 10.2 Å². The molecule has 0 unspecified atom stereocenters. The van der Waals surface area contributed by atoms with Crippen LogP contribution in [-0.4, -0.2) is 5.11 Å². The van der Waals surface area contributed by atoms with Gasteiger partial charge in [-0.05, 0) is 42.7 Å². The van der Waals surface area contributed by atoms with Crippen LogP contribution in [0.3, 0.4) is 0 Å². The van der Waals surface area contributed by atoms with Gasteiger partial charge in [-0.1, -0.05) is 42.2 Å². The van der Waals surface area contributed by atoms with Crippen molar-refractivity contribution in [3.05, 3.63) is 101 Å². The summed E-state index contributed by atoms with van der Waals surface area (Å²) in [6.07, 6.45) is 10.9. The maximum atomic E-state index is 12.0. The van der Waals surface area contributed by atoms with E-state index in [0.717, 1.165) is 16.7 Å². The Morgan fingerprint density at radius 1 is 1.04 bits per heavy atom. The molecule has 0 heterocycles. The zero-order valence-electron chi connectivity index (χ0n) is 13.7. The Morgan fingerprint density at radius 3 is 2.17 bits per heavy atom. The molecule has 2 aromatic carbocycles. The molecule has 3 heteroatoms. The van der Waals surface area contributed by atoms with Gasteiger partial charge in [-0.25, -0.2) is 12.1 Å². The van der Waals surface area contributed by atoms with E-state index in [2.05, 4.69) is 0 Å². The summed E-state index contributed by atoms with van der Waals surface area (Å²) in [6.45, 7) is 3.83. The molecular weight excluding hydrogens is 340 g/mol. The van der Waals surface area contributed by atoms with Gasteiger partial charge in [-0.3, -0.25) is 0 Å². The standard InChI is InChI=1S/C16H16O2.C5H5.Fe/c1-11-9-14(16(18)10-12(11)2)15(17)8-7-13-5-3-4-6-13;1-2-4-5-3-1;/h3-10,17-18H,1-2H3;1-5H;/q;-1;+2/p-1. The molecule has 1 aliphatic carbocycles. The maximum Gasteiger partial charge on any atom is 2.00 e. The third-order valence-electron chi connectivity index (χ3n) is 3.55. The van der Waals surface area contributed by atoms with Gasteiger partial charge in [0.05, 0.1) is 0 Å². The SMILES string of the molecule is Cc1cc(O)c(C([O-])=CC=C2C=CC=C2)cc1C.[Fe+2].c1cc[cH-]c1. The van der Waals surface area contributed by atoms with E-state index in [4.69, 9.17) is 0 Å². The Kier molecular flexibility index (Phi) is 7.97. The average Bonchev–Trinajstić information content (AvgIpc) is 3.24. The largest absolute Gasteiger partial charge is 2.00 e. The summed E-state index contributed by atoms with van der Waals surface area (Å²) in [5.74, 6) is -0.146. The zero-order chi connectivity index (χ0) is 16.7. The first-order valence-electron chi connectivity index (χ1n) is 7.49. The molecule has 0 amide bonds. The van der Waals surface area contributed by atoms with E-state index in [1.54, 1.807) is 18.2 Å². The molecule has 1 aliphatic rings. The van der Waals surface area contributed by atoms with Crippen LogP contribution in [0.15, 0.2) is 84.5 Å². The van der Waals surface area contributed by atoms with Crippen LogP contribution in [0.2, 0.25) is 0 Å². The number of phenols is 1. The summed E-state index contributed by atoms with van der Waals surface area (Å²) in [5, 5.41) is 21.8. The van der Waals surface area contributed by atoms with Crippen LogP contribution in [-0.2, 0) is 17.1 Å². The zero-order valence-corrected chi connectivity index (χ0v) is 14.8. The Hall–Kier alpha value is -2.35. The predicted octanol–water partition coefficient (Wildman–Crippen LogP) is 4.17. The Labute approximate surface area is 154 Å². The van der Waals surface area contributed by atoms with Crippen molar-refractivity contribution in [2.45, 2.75) is 13.8 Å². The van der Waals surface area contributed by atoms with Crippen molar-refractivity contribution in [1.29, 1.82) is 0 Å². The Morgan fingerprint density at radius 2 is 1.62 bits per heavy atom. The molecule has 0 aromatic heterocycles. The smallest absolute Gasteiger partial charge is 0.872 e. The van der Waals surface area contributed by atoms with Gasteiger partial charge >= 0.3 is 17.1 Å². The minimum atomic E-state index is -0.184. The molecule has 1 N–H and O–H groups in total. The van der Waals surface area contributed by atoms with Crippen LogP contribution >= 0.6 is 0 Å². The van der Waals surface area contributed by atoms with Gasteiger partial charge in [0, 0.05) is 5.56 Å². The molecule has 0 aliphatic heterocycles. The summed E-state index contributed by atoms with van der Waals surface area (Å²) in [5.41, 5.74) is 3.30. The second-order valence-electron chi connectivity index (χ2n) is 5.33. The van der Waals surface area contributed by atoms with Crippen LogP contribution in [0.5, 0.6) is 5.75 Å². The fraction of sp³-hybridized carbons (Fsp3) is 0.0952. The molecular formula is C21H20FeO2. The summed E-state index contributed by atoms with van der Waals surface area (Å²) in [4.78, 5) is 0. The van der Waals surface area contributed by atoms with Crippen LogP contribution in [0.25, 0.3) is 5.76 Å². The van der Waals surface area contributed by atoms with Crippen molar-refractivity contribution in [3.8, 4) is 5.75 Å². The molecule has 0 atom stereocenters. The molecule has 0 bridgehead atoms. The van der Waals surface area contributed by atoms with E-state index in [9.17, 15) is 10.2 Å². The number of hydrogen-bond donors (Lipinski definition) is 1. The van der Waals surface area contributed by atoms with Crippen LogP contribution < -0.4 is 5.11 Å². The number of aryl methyl sites for hydroxylation is 2. The van der Waals surface area contributed by atoms with Crippen LogP contribution in [0.4, 0.5) is 0 Å². The van der Waals surface area contributed by atoms with Gasteiger partial charge in [0.15, 0.2) is 0 Å².